The Kier molecular flexibility index (Phi) is 1.65. The SMILES string of the molecule is CC(=O)c1ncc2c(C)cccn12. The molecule has 2 heterocycles. The van der Waals surface area contributed by atoms with E-state index in [1.54, 1.807) is 6.20 Å². The van der Waals surface area contributed by atoms with Crippen LogP contribution >= 0.6 is 0 Å². The number of aromatic nitrogens is 2. The number of fused-ring (bicyclic) bond motifs is 1. The molecule has 0 aliphatic heterocycles. The number of imidazole rings is 1. The molecule has 0 saturated carbocycles. The van der Waals surface area contributed by atoms with Gasteiger partial charge in [0.1, 0.15) is 0 Å². The van der Waals surface area contributed by atoms with Gasteiger partial charge in [0.25, 0.3) is 0 Å². The molecule has 3 nitrogen and oxygen atoms in total. The van der Waals surface area contributed by atoms with Crippen LogP contribution in [-0.4, -0.2) is 15.2 Å². The quantitative estimate of drug-likeness (QED) is 0.618. The molecule has 0 fully saturated rings. The van der Waals surface area contributed by atoms with Crippen LogP contribution in [0.3, 0.4) is 0 Å². The molecule has 0 radical (unpaired) electrons. The van der Waals surface area contributed by atoms with Gasteiger partial charge >= 0.3 is 0 Å². The molecule has 0 unspecified atom stereocenters. The van der Waals surface area contributed by atoms with Gasteiger partial charge in [-0.3, -0.25) is 9.20 Å². The Morgan fingerprint density at radius 2 is 2.31 bits per heavy atom. The van der Waals surface area contributed by atoms with Crippen molar-refractivity contribution in [3.8, 4) is 0 Å². The monoisotopic (exact) mass is 174 g/mol. The van der Waals surface area contributed by atoms with Crippen molar-refractivity contribution >= 4 is 11.3 Å². The van der Waals surface area contributed by atoms with Crippen LogP contribution in [0.2, 0.25) is 0 Å². The fourth-order valence-electron chi connectivity index (χ4n) is 1.42. The Bertz CT molecular complexity index is 471. The number of carbonyl (C=O) groups excluding carboxylic acids is 1. The predicted molar refractivity (Wildman–Crippen MR) is 49.9 cm³/mol. The van der Waals surface area contributed by atoms with Gasteiger partial charge < -0.3 is 0 Å². The maximum absolute atomic E-state index is 11.1. The van der Waals surface area contributed by atoms with Gasteiger partial charge in [-0.05, 0) is 18.6 Å². The van der Waals surface area contributed by atoms with E-state index in [-0.39, 0.29) is 5.78 Å². The van der Waals surface area contributed by atoms with E-state index in [1.165, 1.54) is 6.92 Å². The van der Waals surface area contributed by atoms with E-state index < -0.39 is 0 Å². The first-order chi connectivity index (χ1) is 6.20. The summed E-state index contributed by atoms with van der Waals surface area (Å²) in [5.74, 6) is 0.490. The molecule has 0 saturated heterocycles. The van der Waals surface area contributed by atoms with E-state index in [4.69, 9.17) is 0 Å². The summed E-state index contributed by atoms with van der Waals surface area (Å²) in [5, 5.41) is 0. The molecule has 0 bridgehead atoms. The Hall–Kier alpha value is -1.64. The van der Waals surface area contributed by atoms with Crippen LogP contribution in [-0.2, 0) is 0 Å². The summed E-state index contributed by atoms with van der Waals surface area (Å²) in [6.07, 6.45) is 3.58. The minimum absolute atomic E-state index is 0.00870. The number of ketones is 1. The summed E-state index contributed by atoms with van der Waals surface area (Å²) in [6, 6.07) is 3.91. The average Bonchev–Trinajstić information content (AvgIpc) is 2.48. The highest BCUT2D eigenvalue weighted by molar-refractivity contribution is 5.91. The maximum Gasteiger partial charge on any atom is 0.195 e. The molecule has 0 amide bonds. The van der Waals surface area contributed by atoms with Gasteiger partial charge in [0.15, 0.2) is 11.6 Å². The molecule has 0 aliphatic carbocycles. The first-order valence-corrected chi connectivity index (χ1v) is 4.14. The molecular weight excluding hydrogens is 164 g/mol. The molecule has 66 valence electrons. The fraction of sp³-hybridized carbons (Fsp3) is 0.200. The largest absolute Gasteiger partial charge is 0.297 e. The number of rotatable bonds is 1. The van der Waals surface area contributed by atoms with Gasteiger partial charge in [-0.2, -0.15) is 0 Å². The molecule has 13 heavy (non-hydrogen) atoms. The lowest BCUT2D eigenvalue weighted by Crippen LogP contribution is -2.00. The highest BCUT2D eigenvalue weighted by Gasteiger charge is 2.07. The lowest BCUT2D eigenvalue weighted by molar-refractivity contribution is 0.100. The van der Waals surface area contributed by atoms with Crippen LogP contribution < -0.4 is 0 Å². The fourth-order valence-corrected chi connectivity index (χ4v) is 1.42. The zero-order valence-corrected chi connectivity index (χ0v) is 7.61. The number of hydrogen-bond acceptors (Lipinski definition) is 2. The molecule has 2 aromatic rings. The van der Waals surface area contributed by atoms with E-state index >= 15 is 0 Å². The van der Waals surface area contributed by atoms with Gasteiger partial charge in [0, 0.05) is 13.1 Å². The van der Waals surface area contributed by atoms with Crippen LogP contribution in [0.4, 0.5) is 0 Å². The molecule has 0 spiro atoms. The standard InChI is InChI=1S/C10H10N2O/c1-7-4-3-5-12-9(7)6-11-10(12)8(2)13/h3-6H,1-2H3. The van der Waals surface area contributed by atoms with Gasteiger partial charge in [-0.15, -0.1) is 0 Å². The Morgan fingerprint density at radius 3 is 3.00 bits per heavy atom. The van der Waals surface area contributed by atoms with Crippen molar-refractivity contribution in [3.63, 3.8) is 0 Å². The zero-order chi connectivity index (χ0) is 9.42. The molecule has 2 aromatic heterocycles. The van der Waals surface area contributed by atoms with Crippen LogP contribution in [0.1, 0.15) is 23.1 Å². The molecule has 0 atom stereocenters. The van der Waals surface area contributed by atoms with Crippen LogP contribution in [0.15, 0.2) is 24.5 Å². The highest BCUT2D eigenvalue weighted by atomic mass is 16.1. The van der Waals surface area contributed by atoms with Crippen molar-refractivity contribution in [1.82, 2.24) is 9.38 Å². The number of pyridine rings is 1. The Morgan fingerprint density at radius 1 is 1.54 bits per heavy atom. The van der Waals surface area contributed by atoms with E-state index in [0.29, 0.717) is 5.82 Å². The second kappa shape index (κ2) is 2.69. The summed E-state index contributed by atoms with van der Waals surface area (Å²) in [5.41, 5.74) is 2.12. The molecule has 0 aromatic carbocycles. The van der Waals surface area contributed by atoms with Crippen molar-refractivity contribution in [2.45, 2.75) is 13.8 Å². The third-order valence-corrected chi connectivity index (χ3v) is 2.10. The van der Waals surface area contributed by atoms with Crippen LogP contribution in [0.5, 0.6) is 0 Å². The first kappa shape index (κ1) is 7.98. The normalized spacial score (nSPS) is 10.6. The second-order valence-electron chi connectivity index (χ2n) is 3.08. The maximum atomic E-state index is 11.1. The van der Waals surface area contributed by atoms with Gasteiger partial charge in [-0.25, -0.2) is 4.98 Å². The zero-order valence-electron chi connectivity index (χ0n) is 7.61. The number of nitrogens with zero attached hydrogens (tertiary/aromatic N) is 2. The lowest BCUT2D eigenvalue weighted by atomic mass is 10.2. The number of Topliss-reactive ketones (excluding diaryl/α,β-unsaturated/α-hetero) is 1. The first-order valence-electron chi connectivity index (χ1n) is 4.14. The van der Waals surface area contributed by atoms with Gasteiger partial charge in [-0.1, -0.05) is 6.07 Å². The van der Waals surface area contributed by atoms with Crippen molar-refractivity contribution in [2.24, 2.45) is 0 Å². The molecule has 2 rings (SSSR count). The Labute approximate surface area is 76.0 Å². The second-order valence-corrected chi connectivity index (χ2v) is 3.08. The lowest BCUT2D eigenvalue weighted by Gasteiger charge is -1.98. The molecular formula is C10H10N2O. The summed E-state index contributed by atoms with van der Waals surface area (Å²) < 4.78 is 1.82. The predicted octanol–water partition coefficient (Wildman–Crippen LogP) is 1.85. The average molecular weight is 174 g/mol. The smallest absolute Gasteiger partial charge is 0.195 e. The Balaban J connectivity index is 2.83. The van der Waals surface area contributed by atoms with E-state index in [9.17, 15) is 4.79 Å². The van der Waals surface area contributed by atoms with Crippen molar-refractivity contribution in [2.75, 3.05) is 0 Å². The molecule has 0 aliphatic rings. The number of aryl methyl sites for hydroxylation is 1. The minimum Gasteiger partial charge on any atom is -0.297 e. The number of carbonyl (C=O) groups is 1. The van der Waals surface area contributed by atoms with Crippen LogP contribution in [0, 0.1) is 6.92 Å². The van der Waals surface area contributed by atoms with Crippen molar-refractivity contribution in [1.29, 1.82) is 0 Å². The van der Waals surface area contributed by atoms with E-state index in [1.807, 2.05) is 29.7 Å². The summed E-state index contributed by atoms with van der Waals surface area (Å²) in [6.45, 7) is 3.53. The molecule has 3 heteroatoms. The highest BCUT2D eigenvalue weighted by Crippen LogP contribution is 2.11. The third kappa shape index (κ3) is 1.13. The minimum atomic E-state index is -0.00870. The van der Waals surface area contributed by atoms with Crippen molar-refractivity contribution in [3.05, 3.63) is 35.9 Å². The molecule has 0 N–H and O–H groups in total. The van der Waals surface area contributed by atoms with Gasteiger partial charge in [0.05, 0.1) is 11.7 Å². The van der Waals surface area contributed by atoms with Crippen molar-refractivity contribution < 1.29 is 4.79 Å². The topological polar surface area (TPSA) is 34.4 Å². The van der Waals surface area contributed by atoms with Crippen LogP contribution in [0.25, 0.3) is 5.52 Å². The summed E-state index contributed by atoms with van der Waals surface area (Å²) >= 11 is 0. The van der Waals surface area contributed by atoms with E-state index in [0.717, 1.165) is 11.1 Å². The third-order valence-electron chi connectivity index (χ3n) is 2.10. The summed E-state index contributed by atoms with van der Waals surface area (Å²) in [4.78, 5) is 15.2. The van der Waals surface area contributed by atoms with Gasteiger partial charge in [0.2, 0.25) is 0 Å². The summed E-state index contributed by atoms with van der Waals surface area (Å²) in [7, 11) is 0. The van der Waals surface area contributed by atoms with E-state index in [2.05, 4.69) is 4.98 Å². The number of hydrogen-bond donors (Lipinski definition) is 0.